The van der Waals surface area contributed by atoms with Crippen LogP contribution in [0.3, 0.4) is 0 Å². The number of nitrogens with one attached hydrogen (secondary N) is 1. The lowest BCUT2D eigenvalue weighted by molar-refractivity contribution is 0.601. The van der Waals surface area contributed by atoms with Gasteiger partial charge in [0.05, 0.1) is 10.6 Å². The molecule has 2 aromatic carbocycles. The van der Waals surface area contributed by atoms with E-state index >= 15 is 0 Å². The molecule has 0 spiro atoms. The number of hydrogen-bond donors (Lipinski definition) is 1. The van der Waals surface area contributed by atoms with E-state index in [1.807, 2.05) is 0 Å². The van der Waals surface area contributed by atoms with Gasteiger partial charge in [0.15, 0.2) is 0 Å². The topological polar surface area (TPSA) is 46.2 Å². The van der Waals surface area contributed by atoms with Crippen molar-refractivity contribution in [1.29, 1.82) is 0 Å². The lowest BCUT2D eigenvalue weighted by Crippen LogP contribution is -2.12. The van der Waals surface area contributed by atoms with Gasteiger partial charge in [-0.25, -0.2) is 8.42 Å². The van der Waals surface area contributed by atoms with E-state index in [-0.39, 0.29) is 4.90 Å². The summed E-state index contributed by atoms with van der Waals surface area (Å²) < 4.78 is 27.7. The summed E-state index contributed by atoms with van der Waals surface area (Å²) in [6.07, 6.45) is 0. The number of halogens is 3. The molecule has 0 aromatic heterocycles. The van der Waals surface area contributed by atoms with E-state index in [0.717, 1.165) is 3.57 Å². The zero-order chi connectivity index (χ0) is 14.0. The quantitative estimate of drug-likeness (QED) is 0.738. The fraction of sp³-hybridized carbons (Fsp3) is 0. The van der Waals surface area contributed by atoms with Crippen molar-refractivity contribution in [2.45, 2.75) is 4.90 Å². The van der Waals surface area contributed by atoms with Crippen molar-refractivity contribution in [2.75, 3.05) is 4.72 Å². The number of rotatable bonds is 3. The molecule has 0 aliphatic heterocycles. The average molecular weight is 428 g/mol. The Morgan fingerprint density at radius 2 is 1.47 bits per heavy atom. The van der Waals surface area contributed by atoms with Crippen LogP contribution in [0.5, 0.6) is 0 Å². The summed E-state index contributed by atoms with van der Waals surface area (Å²) in [6, 6.07) is 11.0. The summed E-state index contributed by atoms with van der Waals surface area (Å²) in [5.41, 5.74) is 0.330. The van der Waals surface area contributed by atoms with Crippen LogP contribution in [0.2, 0.25) is 10.0 Å². The minimum Gasteiger partial charge on any atom is -0.280 e. The fourth-order valence-electron chi connectivity index (χ4n) is 1.44. The van der Waals surface area contributed by atoms with Crippen LogP contribution in [0.4, 0.5) is 5.69 Å². The smallest absolute Gasteiger partial charge is 0.261 e. The van der Waals surface area contributed by atoms with Gasteiger partial charge < -0.3 is 0 Å². The molecular formula is C12H8Cl2INO2S. The molecule has 0 atom stereocenters. The molecule has 0 heterocycles. The minimum absolute atomic E-state index is 0.184. The maximum absolute atomic E-state index is 12.1. The third-order valence-corrected chi connectivity index (χ3v) is 4.79. The van der Waals surface area contributed by atoms with E-state index in [4.69, 9.17) is 23.2 Å². The average Bonchev–Trinajstić information content (AvgIpc) is 2.27. The van der Waals surface area contributed by atoms with Crippen LogP contribution in [0.15, 0.2) is 47.4 Å². The van der Waals surface area contributed by atoms with E-state index in [9.17, 15) is 8.42 Å². The molecule has 0 unspecified atom stereocenters. The molecule has 0 aliphatic rings. The number of anilines is 1. The monoisotopic (exact) mass is 427 g/mol. The van der Waals surface area contributed by atoms with Gasteiger partial charge in [0.25, 0.3) is 10.0 Å². The highest BCUT2D eigenvalue weighted by Gasteiger charge is 2.14. The molecule has 0 bridgehead atoms. The Hall–Kier alpha value is -0.500. The lowest BCUT2D eigenvalue weighted by Gasteiger charge is -2.09. The second-order valence-electron chi connectivity index (χ2n) is 3.72. The molecule has 7 heteroatoms. The Morgan fingerprint density at radius 1 is 0.947 bits per heavy atom. The molecule has 1 N–H and O–H groups in total. The van der Waals surface area contributed by atoms with Gasteiger partial charge in [-0.05, 0) is 65.1 Å². The number of benzene rings is 2. The van der Waals surface area contributed by atoms with E-state index < -0.39 is 10.0 Å². The van der Waals surface area contributed by atoms with Gasteiger partial charge in [-0.1, -0.05) is 23.2 Å². The Bertz CT molecular complexity index is 682. The maximum atomic E-state index is 12.1. The molecular weight excluding hydrogens is 420 g/mol. The Morgan fingerprint density at radius 3 is 2.00 bits per heavy atom. The van der Waals surface area contributed by atoms with Crippen LogP contribution in [-0.4, -0.2) is 8.42 Å². The Balaban J connectivity index is 2.33. The second kappa shape index (κ2) is 5.87. The van der Waals surface area contributed by atoms with Crippen molar-refractivity contribution in [3.05, 3.63) is 56.1 Å². The van der Waals surface area contributed by atoms with Crippen molar-refractivity contribution in [2.24, 2.45) is 0 Å². The van der Waals surface area contributed by atoms with E-state index in [0.29, 0.717) is 15.7 Å². The third-order valence-electron chi connectivity index (χ3n) is 2.24. The minimum atomic E-state index is -3.63. The van der Waals surface area contributed by atoms with Crippen LogP contribution in [0.1, 0.15) is 0 Å². The summed E-state index contributed by atoms with van der Waals surface area (Å²) >= 11 is 13.8. The highest BCUT2D eigenvalue weighted by molar-refractivity contribution is 14.1. The molecule has 100 valence electrons. The van der Waals surface area contributed by atoms with Crippen LogP contribution in [0, 0.1) is 3.57 Å². The molecule has 0 radical (unpaired) electrons. The first kappa shape index (κ1) is 14.9. The number of hydrogen-bond acceptors (Lipinski definition) is 2. The SMILES string of the molecule is O=S(=O)(Nc1cc(Cl)cc(Cl)c1)c1ccc(I)cc1. The van der Waals surface area contributed by atoms with Gasteiger partial charge in [0, 0.05) is 13.6 Å². The van der Waals surface area contributed by atoms with E-state index in [2.05, 4.69) is 27.3 Å². The van der Waals surface area contributed by atoms with Crippen LogP contribution in [0.25, 0.3) is 0 Å². The number of sulfonamides is 1. The van der Waals surface area contributed by atoms with E-state index in [1.54, 1.807) is 12.1 Å². The zero-order valence-corrected chi connectivity index (χ0v) is 13.9. The highest BCUT2D eigenvalue weighted by Crippen LogP contribution is 2.24. The molecule has 0 saturated carbocycles. The summed E-state index contributed by atoms with van der Waals surface area (Å²) in [4.78, 5) is 0.184. The van der Waals surface area contributed by atoms with Crippen LogP contribution < -0.4 is 4.72 Å². The van der Waals surface area contributed by atoms with Crippen LogP contribution in [-0.2, 0) is 10.0 Å². The van der Waals surface area contributed by atoms with Gasteiger partial charge in [-0.15, -0.1) is 0 Å². The van der Waals surface area contributed by atoms with Gasteiger partial charge in [0.2, 0.25) is 0 Å². The standard InChI is InChI=1S/C12H8Cl2INO2S/c13-8-5-9(14)7-11(6-8)16-19(17,18)12-3-1-10(15)2-4-12/h1-7,16H. The molecule has 0 aliphatic carbocycles. The van der Waals surface area contributed by atoms with Crippen molar-refractivity contribution < 1.29 is 8.42 Å². The summed E-state index contributed by atoms with van der Waals surface area (Å²) in [7, 11) is -3.63. The molecule has 0 fully saturated rings. The molecule has 2 aromatic rings. The molecule has 2 rings (SSSR count). The van der Waals surface area contributed by atoms with Crippen molar-refractivity contribution >= 4 is 61.5 Å². The summed E-state index contributed by atoms with van der Waals surface area (Å²) in [6.45, 7) is 0. The van der Waals surface area contributed by atoms with Crippen molar-refractivity contribution in [3.63, 3.8) is 0 Å². The molecule has 0 saturated heterocycles. The predicted octanol–water partition coefficient (Wildman–Crippen LogP) is 4.40. The highest BCUT2D eigenvalue weighted by atomic mass is 127. The van der Waals surface area contributed by atoms with Gasteiger partial charge >= 0.3 is 0 Å². The Kier molecular flexibility index (Phi) is 4.60. The van der Waals surface area contributed by atoms with Crippen molar-refractivity contribution in [3.8, 4) is 0 Å². The van der Waals surface area contributed by atoms with Gasteiger partial charge in [-0.2, -0.15) is 0 Å². The van der Waals surface area contributed by atoms with Crippen LogP contribution >= 0.6 is 45.8 Å². The normalized spacial score (nSPS) is 11.3. The first-order valence-corrected chi connectivity index (χ1v) is 8.43. The Labute approximate surface area is 135 Å². The first-order chi connectivity index (χ1) is 8.87. The lowest BCUT2D eigenvalue weighted by atomic mass is 10.3. The molecule has 19 heavy (non-hydrogen) atoms. The molecule has 3 nitrogen and oxygen atoms in total. The second-order valence-corrected chi connectivity index (χ2v) is 7.52. The maximum Gasteiger partial charge on any atom is 0.261 e. The third kappa shape index (κ3) is 3.98. The van der Waals surface area contributed by atoms with Crippen molar-refractivity contribution in [1.82, 2.24) is 0 Å². The van der Waals surface area contributed by atoms with E-state index in [1.165, 1.54) is 30.3 Å². The zero-order valence-electron chi connectivity index (χ0n) is 9.40. The summed E-state index contributed by atoms with van der Waals surface area (Å²) in [5, 5.41) is 0.737. The fourth-order valence-corrected chi connectivity index (χ4v) is 3.37. The first-order valence-electron chi connectivity index (χ1n) is 5.11. The molecule has 0 amide bonds. The largest absolute Gasteiger partial charge is 0.280 e. The predicted molar refractivity (Wildman–Crippen MR) is 86.4 cm³/mol. The van der Waals surface area contributed by atoms with Gasteiger partial charge in [0.1, 0.15) is 0 Å². The summed E-state index contributed by atoms with van der Waals surface area (Å²) in [5.74, 6) is 0. The van der Waals surface area contributed by atoms with Gasteiger partial charge in [-0.3, -0.25) is 4.72 Å².